The van der Waals surface area contributed by atoms with Gasteiger partial charge in [0.25, 0.3) is 0 Å². The highest BCUT2D eigenvalue weighted by Gasteiger charge is 1.93. The summed E-state index contributed by atoms with van der Waals surface area (Å²) in [7, 11) is 3.33. The predicted octanol–water partition coefficient (Wildman–Crippen LogP) is 3.78. The molecule has 3 heteroatoms. The van der Waals surface area contributed by atoms with Crippen molar-refractivity contribution in [2.24, 2.45) is 0 Å². The van der Waals surface area contributed by atoms with Crippen LogP contribution in [-0.2, 0) is 4.84 Å². The van der Waals surface area contributed by atoms with E-state index in [1.807, 2.05) is 57.2 Å². The molecule has 2 aromatic carbocycles. The van der Waals surface area contributed by atoms with Crippen molar-refractivity contribution in [2.75, 3.05) is 14.2 Å². The van der Waals surface area contributed by atoms with Crippen LogP contribution in [0.3, 0.4) is 0 Å². The molecular weight excluding hydrogens is 262 g/mol. The van der Waals surface area contributed by atoms with Crippen molar-refractivity contribution in [3.63, 3.8) is 0 Å². The largest absolute Gasteiger partial charge is 0.497 e. The second-order valence-corrected chi connectivity index (χ2v) is 4.29. The Labute approximate surface area is 128 Å². The average molecular weight is 290 g/mol. The average Bonchev–Trinajstić information content (AvgIpc) is 2.50. The van der Waals surface area contributed by atoms with Crippen LogP contribution in [-0.4, -0.2) is 14.2 Å². The fourth-order valence-electron chi connectivity index (χ4n) is 1.62. The summed E-state index contributed by atoms with van der Waals surface area (Å²) < 4.78 is 5.00. The Bertz CT molecular complexity index is 498. The molecule has 2 rings (SSSR count). The standard InChI is InChI=1S/C8H11NO.C8H10O.C2H6/c1-7-4-3-5-8(6-7)9-10-2;1-7-4-3-5-8(6-7)9-2;1-2/h3-6,9H,1-2H3;3-6H,1-2H3;1-2H3/p+1. The van der Waals surface area contributed by atoms with Crippen molar-refractivity contribution in [3.05, 3.63) is 59.7 Å². The summed E-state index contributed by atoms with van der Waals surface area (Å²) in [4.78, 5) is 4.86. The van der Waals surface area contributed by atoms with Crippen LogP contribution in [0.5, 0.6) is 5.75 Å². The van der Waals surface area contributed by atoms with Gasteiger partial charge in [-0.15, -0.1) is 0 Å². The zero-order chi connectivity index (χ0) is 16.1. The molecule has 116 valence electrons. The predicted molar refractivity (Wildman–Crippen MR) is 88.9 cm³/mol. The normalized spacial score (nSPS) is 8.86. The van der Waals surface area contributed by atoms with Gasteiger partial charge in [-0.05, 0) is 37.1 Å². The fraction of sp³-hybridized carbons (Fsp3) is 0.333. The maximum absolute atomic E-state index is 5.00. The molecule has 0 unspecified atom stereocenters. The van der Waals surface area contributed by atoms with Gasteiger partial charge in [0, 0.05) is 12.1 Å². The third kappa shape index (κ3) is 8.84. The Morgan fingerprint density at radius 1 is 0.810 bits per heavy atom. The highest BCUT2D eigenvalue weighted by molar-refractivity contribution is 5.31. The number of hydrogen-bond acceptors (Lipinski definition) is 2. The molecule has 0 atom stereocenters. The summed E-state index contributed by atoms with van der Waals surface area (Å²) in [6.45, 7) is 8.11. The molecule has 2 N–H and O–H groups in total. The monoisotopic (exact) mass is 290 g/mol. The lowest BCUT2D eigenvalue weighted by molar-refractivity contribution is -0.830. The quantitative estimate of drug-likeness (QED) is 0.689. The van der Waals surface area contributed by atoms with Crippen molar-refractivity contribution < 1.29 is 15.1 Å². The number of methoxy groups -OCH3 is 1. The molecule has 0 aliphatic carbocycles. The summed E-state index contributed by atoms with van der Waals surface area (Å²) in [6.07, 6.45) is 0. The Balaban J connectivity index is 0.000000342. The first-order valence-electron chi connectivity index (χ1n) is 7.19. The Morgan fingerprint density at radius 2 is 1.38 bits per heavy atom. The minimum absolute atomic E-state index is 0.926. The van der Waals surface area contributed by atoms with Crippen LogP contribution in [0.1, 0.15) is 25.0 Å². The molecule has 0 aliphatic rings. The van der Waals surface area contributed by atoms with Crippen LogP contribution in [0.4, 0.5) is 5.69 Å². The van der Waals surface area contributed by atoms with E-state index < -0.39 is 0 Å². The molecule has 0 fully saturated rings. The van der Waals surface area contributed by atoms with E-state index in [0.717, 1.165) is 11.4 Å². The van der Waals surface area contributed by atoms with Crippen molar-refractivity contribution in [1.82, 2.24) is 0 Å². The van der Waals surface area contributed by atoms with E-state index in [2.05, 4.69) is 19.1 Å². The Hall–Kier alpha value is -1.84. The summed E-state index contributed by atoms with van der Waals surface area (Å²) in [5, 5.41) is 0. The number of ether oxygens (including phenoxy) is 1. The highest BCUT2D eigenvalue weighted by Crippen LogP contribution is 2.10. The third-order valence-electron chi connectivity index (χ3n) is 2.52. The molecule has 21 heavy (non-hydrogen) atoms. The van der Waals surface area contributed by atoms with Crippen molar-refractivity contribution in [1.29, 1.82) is 0 Å². The van der Waals surface area contributed by atoms with Crippen LogP contribution in [0.25, 0.3) is 0 Å². The molecular formula is C18H28NO2+. The van der Waals surface area contributed by atoms with Crippen LogP contribution < -0.4 is 10.2 Å². The van der Waals surface area contributed by atoms with E-state index in [9.17, 15) is 0 Å². The molecule has 0 radical (unpaired) electrons. The summed E-state index contributed by atoms with van der Waals surface area (Å²) in [5.74, 6) is 0.926. The van der Waals surface area contributed by atoms with Gasteiger partial charge in [-0.3, -0.25) is 0 Å². The van der Waals surface area contributed by atoms with Crippen LogP contribution in [0.15, 0.2) is 48.5 Å². The minimum atomic E-state index is 0.926. The first kappa shape index (κ1) is 19.2. The summed E-state index contributed by atoms with van der Waals surface area (Å²) in [6, 6.07) is 16.1. The number of rotatable bonds is 3. The molecule has 3 nitrogen and oxygen atoms in total. The van der Waals surface area contributed by atoms with Crippen LogP contribution in [0, 0.1) is 13.8 Å². The van der Waals surface area contributed by atoms with Crippen molar-refractivity contribution in [2.45, 2.75) is 27.7 Å². The molecule has 0 saturated carbocycles. The lowest BCUT2D eigenvalue weighted by Crippen LogP contribution is -2.75. The Kier molecular flexibility index (Phi) is 10.9. The van der Waals surface area contributed by atoms with E-state index in [-0.39, 0.29) is 0 Å². The van der Waals surface area contributed by atoms with Gasteiger partial charge in [-0.1, -0.05) is 38.1 Å². The van der Waals surface area contributed by atoms with Gasteiger partial charge < -0.3 is 4.74 Å². The lowest BCUT2D eigenvalue weighted by Gasteiger charge is -1.97. The maximum atomic E-state index is 5.00. The van der Waals surface area contributed by atoms with E-state index in [4.69, 9.17) is 9.57 Å². The summed E-state index contributed by atoms with van der Waals surface area (Å²) in [5.41, 5.74) is 5.33. The zero-order valence-corrected chi connectivity index (χ0v) is 14.0. The molecule has 0 amide bonds. The van der Waals surface area contributed by atoms with Crippen LogP contribution in [0.2, 0.25) is 0 Å². The molecule has 2 aromatic rings. The molecule has 0 aromatic heterocycles. The number of aryl methyl sites for hydroxylation is 2. The third-order valence-corrected chi connectivity index (χ3v) is 2.52. The number of benzene rings is 2. The van der Waals surface area contributed by atoms with E-state index in [0.29, 0.717) is 0 Å². The van der Waals surface area contributed by atoms with E-state index in [1.165, 1.54) is 11.1 Å². The van der Waals surface area contributed by atoms with Gasteiger partial charge in [-0.2, -0.15) is 5.48 Å². The molecule has 0 spiro atoms. The zero-order valence-electron chi connectivity index (χ0n) is 14.0. The number of quaternary nitrogens is 1. The van der Waals surface area contributed by atoms with Gasteiger partial charge in [-0.25, -0.2) is 4.84 Å². The van der Waals surface area contributed by atoms with Gasteiger partial charge in [0.1, 0.15) is 5.75 Å². The second-order valence-electron chi connectivity index (χ2n) is 4.29. The lowest BCUT2D eigenvalue weighted by atomic mass is 10.2. The molecule has 0 aliphatic heterocycles. The maximum Gasteiger partial charge on any atom is 0.162 e. The molecule has 0 heterocycles. The molecule has 0 bridgehead atoms. The van der Waals surface area contributed by atoms with Gasteiger partial charge in [0.15, 0.2) is 5.69 Å². The SMILES string of the molecule is CC.CO[NH2+]c1cccc(C)c1.COc1cccc(C)c1. The summed E-state index contributed by atoms with van der Waals surface area (Å²) >= 11 is 0. The number of nitrogens with two attached hydrogens (primary N) is 1. The smallest absolute Gasteiger partial charge is 0.162 e. The Morgan fingerprint density at radius 3 is 1.81 bits per heavy atom. The van der Waals surface area contributed by atoms with E-state index in [1.54, 1.807) is 19.7 Å². The minimum Gasteiger partial charge on any atom is -0.497 e. The first-order valence-corrected chi connectivity index (χ1v) is 7.19. The highest BCUT2D eigenvalue weighted by atomic mass is 16.6. The van der Waals surface area contributed by atoms with E-state index >= 15 is 0 Å². The molecule has 0 saturated heterocycles. The fourth-order valence-corrected chi connectivity index (χ4v) is 1.62. The van der Waals surface area contributed by atoms with Gasteiger partial charge in [0.05, 0.1) is 14.2 Å². The first-order chi connectivity index (χ1) is 10.2. The number of hydrogen-bond donors (Lipinski definition) is 1. The second kappa shape index (κ2) is 11.9. The van der Waals surface area contributed by atoms with Crippen molar-refractivity contribution in [3.8, 4) is 5.75 Å². The topological polar surface area (TPSA) is 35.1 Å². The van der Waals surface area contributed by atoms with Crippen LogP contribution >= 0.6 is 0 Å². The van der Waals surface area contributed by atoms with Crippen molar-refractivity contribution >= 4 is 5.69 Å². The van der Waals surface area contributed by atoms with Gasteiger partial charge in [0.2, 0.25) is 0 Å². The van der Waals surface area contributed by atoms with Gasteiger partial charge >= 0.3 is 0 Å².